The van der Waals surface area contributed by atoms with Gasteiger partial charge in [0, 0.05) is 43.8 Å². The molecule has 0 bridgehead atoms. The van der Waals surface area contributed by atoms with Gasteiger partial charge in [0.1, 0.15) is 12.1 Å². The number of benzene rings is 1. The molecule has 0 radical (unpaired) electrons. The first-order valence-corrected chi connectivity index (χ1v) is 9.11. The van der Waals surface area contributed by atoms with E-state index in [-0.39, 0.29) is 11.8 Å². The Morgan fingerprint density at radius 3 is 2.67 bits per heavy atom. The Labute approximate surface area is 158 Å². The smallest absolute Gasteiger partial charge is 0.233 e. The standard InChI is InChI=1S/C20H22N6O/c1-3-25(17-8-5-4-7-15(17)2)20(27)16-12-24(13-16)18-11-19(22-14-21-18)26-10-6-9-23-26/h4-11,14,16H,3,12-13H2,1-2H3. The highest BCUT2D eigenvalue weighted by Crippen LogP contribution is 2.28. The van der Waals surface area contributed by atoms with Crippen molar-refractivity contribution >= 4 is 17.4 Å². The number of anilines is 2. The summed E-state index contributed by atoms with van der Waals surface area (Å²) in [6, 6.07) is 11.8. The Kier molecular flexibility index (Phi) is 4.58. The zero-order valence-corrected chi connectivity index (χ0v) is 15.5. The fourth-order valence-electron chi connectivity index (χ4n) is 3.39. The fourth-order valence-corrected chi connectivity index (χ4v) is 3.39. The minimum absolute atomic E-state index is 0.0207. The average Bonchev–Trinajstić information content (AvgIpc) is 3.18. The SMILES string of the molecule is CCN(C(=O)C1CN(c2cc(-n3cccn3)ncn2)C1)c1ccccc1C. The quantitative estimate of drug-likeness (QED) is 0.697. The summed E-state index contributed by atoms with van der Waals surface area (Å²) in [5.74, 6) is 1.69. The van der Waals surface area contributed by atoms with Gasteiger partial charge in [-0.2, -0.15) is 5.10 Å². The highest BCUT2D eigenvalue weighted by Gasteiger charge is 2.36. The van der Waals surface area contributed by atoms with Crippen LogP contribution in [0.2, 0.25) is 0 Å². The van der Waals surface area contributed by atoms with E-state index in [9.17, 15) is 4.79 Å². The van der Waals surface area contributed by atoms with Gasteiger partial charge >= 0.3 is 0 Å². The zero-order valence-electron chi connectivity index (χ0n) is 15.5. The van der Waals surface area contributed by atoms with Crippen LogP contribution in [-0.2, 0) is 4.79 Å². The molecule has 27 heavy (non-hydrogen) atoms. The first kappa shape index (κ1) is 17.2. The summed E-state index contributed by atoms with van der Waals surface area (Å²) in [6.07, 6.45) is 5.09. The molecule has 3 aromatic rings. The van der Waals surface area contributed by atoms with E-state index < -0.39 is 0 Å². The summed E-state index contributed by atoms with van der Waals surface area (Å²) in [5, 5.41) is 4.20. The molecule has 1 aliphatic heterocycles. The lowest BCUT2D eigenvalue weighted by molar-refractivity contribution is -0.123. The molecule has 0 spiro atoms. The van der Waals surface area contributed by atoms with Crippen LogP contribution < -0.4 is 9.80 Å². The predicted octanol–water partition coefficient (Wildman–Crippen LogP) is 2.46. The van der Waals surface area contributed by atoms with E-state index in [2.05, 4.69) is 20.0 Å². The van der Waals surface area contributed by atoms with Crippen molar-refractivity contribution in [1.29, 1.82) is 0 Å². The monoisotopic (exact) mass is 362 g/mol. The molecule has 0 saturated carbocycles. The van der Waals surface area contributed by atoms with Crippen LogP contribution in [0.4, 0.5) is 11.5 Å². The summed E-state index contributed by atoms with van der Waals surface area (Å²) in [5.41, 5.74) is 2.11. The first-order valence-electron chi connectivity index (χ1n) is 9.11. The van der Waals surface area contributed by atoms with Crippen LogP contribution in [-0.4, -0.2) is 45.3 Å². The van der Waals surface area contributed by atoms with Gasteiger partial charge in [-0.25, -0.2) is 14.6 Å². The molecule has 7 nitrogen and oxygen atoms in total. The lowest BCUT2D eigenvalue weighted by Crippen LogP contribution is -2.55. The Morgan fingerprint density at radius 1 is 1.19 bits per heavy atom. The predicted molar refractivity (Wildman–Crippen MR) is 104 cm³/mol. The van der Waals surface area contributed by atoms with Gasteiger partial charge in [-0.05, 0) is 31.5 Å². The summed E-state index contributed by atoms with van der Waals surface area (Å²) in [6.45, 7) is 6.04. The molecule has 0 N–H and O–H groups in total. The molecule has 1 amide bonds. The molecule has 1 aromatic carbocycles. The van der Waals surface area contributed by atoms with E-state index in [0.29, 0.717) is 19.6 Å². The van der Waals surface area contributed by atoms with Crippen molar-refractivity contribution < 1.29 is 4.79 Å². The highest BCUT2D eigenvalue weighted by atomic mass is 16.2. The minimum atomic E-state index is -0.0207. The van der Waals surface area contributed by atoms with Gasteiger partial charge < -0.3 is 9.80 Å². The molecule has 2 aromatic heterocycles. The maximum Gasteiger partial charge on any atom is 0.233 e. The van der Waals surface area contributed by atoms with Crippen molar-refractivity contribution in [2.24, 2.45) is 5.92 Å². The van der Waals surface area contributed by atoms with Gasteiger partial charge in [-0.1, -0.05) is 18.2 Å². The van der Waals surface area contributed by atoms with Crippen LogP contribution in [0.5, 0.6) is 0 Å². The Morgan fingerprint density at radius 2 is 1.96 bits per heavy atom. The van der Waals surface area contributed by atoms with Crippen molar-refractivity contribution in [3.8, 4) is 5.82 Å². The third-order valence-corrected chi connectivity index (χ3v) is 4.92. The molecule has 1 aliphatic rings. The largest absolute Gasteiger partial charge is 0.355 e. The van der Waals surface area contributed by atoms with Crippen LogP contribution >= 0.6 is 0 Å². The van der Waals surface area contributed by atoms with Crippen molar-refractivity contribution in [3.05, 3.63) is 60.7 Å². The van der Waals surface area contributed by atoms with Crippen LogP contribution in [0.15, 0.2) is 55.1 Å². The second kappa shape index (κ2) is 7.19. The van der Waals surface area contributed by atoms with E-state index in [0.717, 1.165) is 22.9 Å². The fraction of sp³-hybridized carbons (Fsp3) is 0.300. The van der Waals surface area contributed by atoms with Gasteiger partial charge in [0.25, 0.3) is 0 Å². The van der Waals surface area contributed by atoms with Crippen molar-refractivity contribution in [2.45, 2.75) is 13.8 Å². The Bertz CT molecular complexity index is 933. The number of nitrogens with zero attached hydrogens (tertiary/aromatic N) is 6. The maximum atomic E-state index is 13.0. The third kappa shape index (κ3) is 3.28. The summed E-state index contributed by atoms with van der Waals surface area (Å²) in [7, 11) is 0. The highest BCUT2D eigenvalue weighted by molar-refractivity contribution is 5.97. The van der Waals surface area contributed by atoms with Crippen molar-refractivity contribution in [2.75, 3.05) is 29.4 Å². The number of aryl methyl sites for hydroxylation is 1. The van der Waals surface area contributed by atoms with Gasteiger partial charge in [-0.15, -0.1) is 0 Å². The molecule has 1 fully saturated rings. The number of aromatic nitrogens is 4. The van der Waals surface area contributed by atoms with Crippen LogP contribution in [0.1, 0.15) is 12.5 Å². The lowest BCUT2D eigenvalue weighted by atomic mass is 9.97. The molecule has 1 saturated heterocycles. The number of carbonyl (C=O) groups is 1. The normalized spacial score (nSPS) is 14.1. The van der Waals surface area contributed by atoms with Gasteiger partial charge in [-0.3, -0.25) is 4.79 Å². The summed E-state index contributed by atoms with van der Waals surface area (Å²) in [4.78, 5) is 25.6. The average molecular weight is 362 g/mol. The molecule has 138 valence electrons. The van der Waals surface area contributed by atoms with E-state index in [4.69, 9.17) is 0 Å². The molecule has 4 rings (SSSR count). The van der Waals surface area contributed by atoms with Gasteiger partial charge in [0.2, 0.25) is 5.91 Å². The second-order valence-corrected chi connectivity index (χ2v) is 6.66. The zero-order chi connectivity index (χ0) is 18.8. The van der Waals surface area contributed by atoms with E-state index in [1.165, 1.54) is 6.33 Å². The van der Waals surface area contributed by atoms with Crippen molar-refractivity contribution in [3.63, 3.8) is 0 Å². The number of hydrogen-bond acceptors (Lipinski definition) is 5. The molecule has 0 unspecified atom stereocenters. The Balaban J connectivity index is 1.45. The second-order valence-electron chi connectivity index (χ2n) is 6.66. The van der Waals surface area contributed by atoms with Gasteiger partial charge in [0.15, 0.2) is 5.82 Å². The van der Waals surface area contributed by atoms with Crippen LogP contribution in [0.25, 0.3) is 5.82 Å². The van der Waals surface area contributed by atoms with Crippen molar-refractivity contribution in [1.82, 2.24) is 19.7 Å². The minimum Gasteiger partial charge on any atom is -0.355 e. The van der Waals surface area contributed by atoms with Gasteiger partial charge in [0.05, 0.1) is 5.92 Å². The number of para-hydroxylation sites is 1. The van der Waals surface area contributed by atoms with E-state index >= 15 is 0 Å². The van der Waals surface area contributed by atoms with Crippen LogP contribution in [0, 0.1) is 12.8 Å². The molecular weight excluding hydrogens is 340 g/mol. The number of rotatable bonds is 5. The lowest BCUT2D eigenvalue weighted by Gasteiger charge is -2.41. The molecular formula is C20H22N6O. The number of amides is 1. The molecule has 0 atom stereocenters. The molecule has 3 heterocycles. The Hall–Kier alpha value is -3.22. The number of hydrogen-bond donors (Lipinski definition) is 0. The van der Waals surface area contributed by atoms with Crippen LogP contribution in [0.3, 0.4) is 0 Å². The topological polar surface area (TPSA) is 67.2 Å². The maximum absolute atomic E-state index is 13.0. The van der Waals surface area contributed by atoms with E-state index in [1.807, 2.05) is 61.3 Å². The first-order chi connectivity index (χ1) is 13.2. The third-order valence-electron chi connectivity index (χ3n) is 4.92. The van der Waals surface area contributed by atoms with E-state index in [1.54, 1.807) is 10.9 Å². The molecule has 7 heteroatoms. The summed E-state index contributed by atoms with van der Waals surface area (Å²) < 4.78 is 1.70. The molecule has 0 aliphatic carbocycles. The number of carbonyl (C=O) groups excluding carboxylic acids is 1. The summed E-state index contributed by atoms with van der Waals surface area (Å²) >= 11 is 0.